The zero-order valence-electron chi connectivity index (χ0n) is 12.0. The van der Waals surface area contributed by atoms with Crippen LogP contribution < -0.4 is 4.31 Å². The first kappa shape index (κ1) is 14.1. The van der Waals surface area contributed by atoms with Crippen molar-refractivity contribution in [3.05, 3.63) is 42.0 Å². The summed E-state index contributed by atoms with van der Waals surface area (Å²) in [7, 11) is -3.40. The van der Waals surface area contributed by atoms with Gasteiger partial charge >= 0.3 is 0 Å². The minimum Gasteiger partial charge on any atom is -0.262 e. The number of aryl methyl sites for hydroxylation is 1. The van der Waals surface area contributed by atoms with Crippen molar-refractivity contribution in [2.24, 2.45) is 0 Å². The normalized spacial score (nSPS) is 19.4. The van der Waals surface area contributed by atoms with Gasteiger partial charge in [0.25, 0.3) is 0 Å². The van der Waals surface area contributed by atoms with E-state index in [0.29, 0.717) is 6.42 Å². The van der Waals surface area contributed by atoms with Crippen molar-refractivity contribution in [1.29, 1.82) is 0 Å². The smallest absolute Gasteiger partial charge is 0.240 e. The van der Waals surface area contributed by atoms with E-state index in [-0.39, 0.29) is 6.04 Å². The fourth-order valence-electron chi connectivity index (χ4n) is 2.36. The lowest BCUT2D eigenvalue weighted by Gasteiger charge is -2.32. The number of sulfonamides is 1. The highest BCUT2D eigenvalue weighted by atomic mass is 32.2. The minimum atomic E-state index is -3.40. The second kappa shape index (κ2) is 4.37. The maximum Gasteiger partial charge on any atom is 0.240 e. The first-order valence-electron chi connectivity index (χ1n) is 6.44. The summed E-state index contributed by atoms with van der Waals surface area (Å²) in [5.41, 5.74) is 3.03. The summed E-state index contributed by atoms with van der Waals surface area (Å²) in [5, 5.41) is 0. The van der Waals surface area contributed by atoms with Crippen LogP contribution in [-0.2, 0) is 16.4 Å². The van der Waals surface area contributed by atoms with Gasteiger partial charge < -0.3 is 0 Å². The Balaban J connectivity index is 2.60. The fourth-order valence-corrected chi connectivity index (χ4v) is 3.91. The molecule has 0 N–H and O–H groups in total. The fraction of sp³-hybridized carbons (Fsp3) is 0.467. The predicted molar refractivity (Wildman–Crippen MR) is 80.0 cm³/mol. The summed E-state index contributed by atoms with van der Waals surface area (Å²) in [4.78, 5) is 0. The van der Waals surface area contributed by atoms with Crippen LogP contribution in [0, 0.1) is 6.92 Å². The molecular weight excluding hydrogens is 258 g/mol. The first-order valence-corrected chi connectivity index (χ1v) is 7.88. The Kier molecular flexibility index (Phi) is 3.25. The van der Waals surface area contributed by atoms with Crippen molar-refractivity contribution in [3.8, 4) is 0 Å². The van der Waals surface area contributed by atoms with E-state index in [4.69, 9.17) is 0 Å². The van der Waals surface area contributed by atoms with Gasteiger partial charge in [0.2, 0.25) is 10.0 Å². The Morgan fingerprint density at radius 1 is 1.37 bits per heavy atom. The zero-order chi connectivity index (χ0) is 14.4. The summed E-state index contributed by atoms with van der Waals surface area (Å²) < 4.78 is 26.2. The Labute approximate surface area is 116 Å². The van der Waals surface area contributed by atoms with E-state index in [0.717, 1.165) is 16.8 Å². The summed E-state index contributed by atoms with van der Waals surface area (Å²) >= 11 is 0. The van der Waals surface area contributed by atoms with Crippen molar-refractivity contribution < 1.29 is 8.42 Å². The van der Waals surface area contributed by atoms with Crippen LogP contribution in [0.3, 0.4) is 0 Å². The van der Waals surface area contributed by atoms with E-state index in [1.165, 1.54) is 4.31 Å². The second-order valence-corrected chi connectivity index (χ2v) is 8.62. The van der Waals surface area contributed by atoms with Crippen molar-refractivity contribution in [2.45, 2.75) is 44.9 Å². The van der Waals surface area contributed by atoms with Gasteiger partial charge in [-0.3, -0.25) is 4.31 Å². The number of rotatable bonds is 2. The molecule has 2 rings (SSSR count). The summed E-state index contributed by atoms with van der Waals surface area (Å²) in [5.74, 6) is 0. The summed E-state index contributed by atoms with van der Waals surface area (Å²) in [6.07, 6.45) is 2.43. The van der Waals surface area contributed by atoms with Gasteiger partial charge in [-0.1, -0.05) is 23.8 Å². The van der Waals surface area contributed by atoms with Crippen molar-refractivity contribution in [1.82, 2.24) is 0 Å². The number of nitrogens with zero attached hydrogens (tertiary/aromatic N) is 1. The van der Waals surface area contributed by atoms with Gasteiger partial charge in [-0.25, -0.2) is 8.42 Å². The maximum absolute atomic E-state index is 12.7. The lowest BCUT2D eigenvalue weighted by molar-refractivity contribution is 0.552. The Morgan fingerprint density at radius 2 is 2.00 bits per heavy atom. The van der Waals surface area contributed by atoms with Gasteiger partial charge in [0.15, 0.2) is 0 Å². The molecule has 4 heteroatoms. The van der Waals surface area contributed by atoms with E-state index in [1.54, 1.807) is 26.8 Å². The molecule has 1 heterocycles. The molecule has 0 saturated heterocycles. The quantitative estimate of drug-likeness (QED) is 0.780. The van der Waals surface area contributed by atoms with E-state index in [2.05, 4.69) is 12.6 Å². The first-order chi connectivity index (χ1) is 8.68. The molecule has 0 aliphatic carbocycles. The summed E-state index contributed by atoms with van der Waals surface area (Å²) in [6, 6.07) is 5.73. The van der Waals surface area contributed by atoms with Crippen molar-refractivity contribution >= 4 is 15.7 Å². The Morgan fingerprint density at radius 3 is 2.53 bits per heavy atom. The molecule has 0 bridgehead atoms. The molecule has 0 aromatic heterocycles. The van der Waals surface area contributed by atoms with E-state index < -0.39 is 14.8 Å². The van der Waals surface area contributed by atoms with Crippen LogP contribution in [0.5, 0.6) is 0 Å². The molecule has 1 aliphatic rings. The molecule has 0 unspecified atom stereocenters. The number of benzene rings is 1. The highest BCUT2D eigenvalue weighted by molar-refractivity contribution is 7.94. The standard InChI is InChI=1S/C15H21NO2S/c1-6-13-10-12-9-11(2)7-8-14(12)16(13)19(17,18)15(3,4)5/h6-9,13H,1,10H2,2-5H3/t13-/m1/s1. The molecule has 0 spiro atoms. The number of hydrogen-bond donors (Lipinski definition) is 0. The minimum absolute atomic E-state index is 0.180. The average Bonchev–Trinajstić information content (AvgIpc) is 2.65. The van der Waals surface area contributed by atoms with Crippen LogP contribution in [0.25, 0.3) is 0 Å². The van der Waals surface area contributed by atoms with E-state index in [9.17, 15) is 8.42 Å². The van der Waals surface area contributed by atoms with Crippen LogP contribution in [0.4, 0.5) is 5.69 Å². The molecule has 0 radical (unpaired) electrons. The molecule has 1 aromatic rings. The number of hydrogen-bond acceptors (Lipinski definition) is 2. The monoisotopic (exact) mass is 279 g/mol. The third kappa shape index (κ3) is 2.18. The highest BCUT2D eigenvalue weighted by Gasteiger charge is 2.42. The molecular formula is C15H21NO2S. The van der Waals surface area contributed by atoms with Crippen molar-refractivity contribution in [2.75, 3.05) is 4.31 Å². The van der Waals surface area contributed by atoms with Gasteiger partial charge in [0.05, 0.1) is 16.5 Å². The molecule has 3 nitrogen and oxygen atoms in total. The van der Waals surface area contributed by atoms with Gasteiger partial charge in [-0.15, -0.1) is 6.58 Å². The largest absolute Gasteiger partial charge is 0.262 e. The Hall–Kier alpha value is -1.29. The molecule has 0 fully saturated rings. The van der Waals surface area contributed by atoms with Gasteiger partial charge in [0.1, 0.15) is 0 Å². The third-order valence-electron chi connectivity index (χ3n) is 3.51. The van der Waals surface area contributed by atoms with Crippen LogP contribution in [0.15, 0.2) is 30.9 Å². The van der Waals surface area contributed by atoms with Crippen LogP contribution in [0.1, 0.15) is 31.9 Å². The number of anilines is 1. The second-order valence-electron chi connectivity index (χ2n) is 6.05. The maximum atomic E-state index is 12.7. The molecule has 1 atom stereocenters. The molecule has 0 amide bonds. The van der Waals surface area contributed by atoms with Gasteiger partial charge in [0, 0.05) is 0 Å². The topological polar surface area (TPSA) is 37.4 Å². The summed E-state index contributed by atoms with van der Waals surface area (Å²) in [6.45, 7) is 11.0. The van der Waals surface area contributed by atoms with Crippen LogP contribution >= 0.6 is 0 Å². The molecule has 104 valence electrons. The van der Waals surface area contributed by atoms with Crippen molar-refractivity contribution in [3.63, 3.8) is 0 Å². The Bertz CT molecular complexity index is 612. The third-order valence-corrected chi connectivity index (χ3v) is 6.04. The average molecular weight is 279 g/mol. The zero-order valence-corrected chi connectivity index (χ0v) is 12.8. The highest BCUT2D eigenvalue weighted by Crippen LogP contribution is 2.38. The number of fused-ring (bicyclic) bond motifs is 1. The van der Waals surface area contributed by atoms with E-state index in [1.807, 2.05) is 19.1 Å². The molecule has 1 aliphatic heterocycles. The van der Waals surface area contributed by atoms with Crippen LogP contribution in [0.2, 0.25) is 0 Å². The SMILES string of the molecule is C=C[C@@H]1Cc2cc(C)ccc2N1S(=O)(=O)C(C)(C)C. The van der Waals surface area contributed by atoms with Crippen LogP contribution in [-0.4, -0.2) is 19.2 Å². The predicted octanol–water partition coefficient (Wildman–Crippen LogP) is 3.04. The lowest BCUT2D eigenvalue weighted by Crippen LogP contribution is -2.46. The van der Waals surface area contributed by atoms with Gasteiger partial charge in [-0.2, -0.15) is 0 Å². The lowest BCUT2D eigenvalue weighted by atomic mass is 10.1. The van der Waals surface area contributed by atoms with E-state index >= 15 is 0 Å². The molecule has 19 heavy (non-hydrogen) atoms. The molecule has 0 saturated carbocycles. The van der Waals surface area contributed by atoms with Gasteiger partial charge in [-0.05, 0) is 45.7 Å². The molecule has 1 aromatic carbocycles.